The van der Waals surface area contributed by atoms with Crippen LogP contribution in [0.5, 0.6) is 0 Å². The quantitative estimate of drug-likeness (QED) is 0.180. The molecule has 0 saturated carbocycles. The summed E-state index contributed by atoms with van der Waals surface area (Å²) in [4.78, 5) is 0. The lowest BCUT2D eigenvalue weighted by Gasteiger charge is -2.23. The van der Waals surface area contributed by atoms with E-state index >= 15 is 0 Å². The Labute approximate surface area is 295 Å². The van der Waals surface area contributed by atoms with E-state index in [1.54, 1.807) is 0 Å². The third-order valence-electron chi connectivity index (χ3n) is 12.2. The molecule has 0 aromatic heterocycles. The normalized spacial score (nSPS) is 15.7. The second-order valence-electron chi connectivity index (χ2n) is 15.6. The predicted molar refractivity (Wildman–Crippen MR) is 213 cm³/mol. The lowest BCUT2D eigenvalue weighted by molar-refractivity contribution is 0.659. The zero-order valence-corrected chi connectivity index (χ0v) is 29.3. The first-order chi connectivity index (χ1) is 24.3. The molecule has 0 saturated heterocycles. The van der Waals surface area contributed by atoms with Gasteiger partial charge >= 0.3 is 0 Å². The summed E-state index contributed by atoms with van der Waals surface area (Å²) in [6.45, 7) is 9.52. The lowest BCUT2D eigenvalue weighted by atomic mass is 9.80. The number of fused-ring (bicyclic) bond motifs is 9. The monoisotopic (exact) mass is 640 g/mol. The van der Waals surface area contributed by atoms with Gasteiger partial charge in [-0.3, -0.25) is 0 Å². The highest BCUT2D eigenvalue weighted by Crippen LogP contribution is 2.52. The second kappa shape index (κ2) is 10.5. The first-order valence-corrected chi connectivity index (χ1v) is 18.2. The third kappa shape index (κ3) is 4.18. The van der Waals surface area contributed by atoms with E-state index in [-0.39, 0.29) is 10.8 Å². The second-order valence-corrected chi connectivity index (χ2v) is 15.6. The van der Waals surface area contributed by atoms with Gasteiger partial charge in [0.25, 0.3) is 0 Å². The molecule has 0 heteroatoms. The van der Waals surface area contributed by atoms with Gasteiger partial charge in [0.2, 0.25) is 0 Å². The molecule has 0 spiro atoms. The minimum atomic E-state index is -0.0988. The van der Waals surface area contributed by atoms with E-state index in [9.17, 15) is 0 Å². The summed E-state index contributed by atoms with van der Waals surface area (Å²) in [5.74, 6) is 0. The van der Waals surface area contributed by atoms with Gasteiger partial charge in [0.1, 0.15) is 0 Å². The molecular formula is C50H40. The van der Waals surface area contributed by atoms with Crippen molar-refractivity contribution in [3.05, 3.63) is 173 Å². The van der Waals surface area contributed by atoms with Crippen LogP contribution in [-0.2, 0) is 17.3 Å². The number of benzene rings is 7. The molecule has 0 radical (unpaired) electrons. The fourth-order valence-electron chi connectivity index (χ4n) is 9.38. The number of aryl methyl sites for hydroxylation is 1. The van der Waals surface area contributed by atoms with E-state index in [1.165, 1.54) is 99.8 Å². The molecule has 50 heavy (non-hydrogen) atoms. The molecule has 0 nitrogen and oxygen atoms in total. The molecule has 0 atom stereocenters. The maximum atomic E-state index is 2.46. The molecule has 240 valence electrons. The van der Waals surface area contributed by atoms with Crippen LogP contribution < -0.4 is 0 Å². The standard InChI is InChI=1S/C50H40/c1-49(2)45-16-10-9-15-40(45)41-25-22-34(29-46(41)49)35-23-26-43-42-24-21-33(28-47(42)50(3,4)48(43)30-35)31-17-19-32(20-18-31)44-27-36-11-5-6-12-37(36)38-13-7-8-14-39(38)44/h5,7-11,13-30H,6,12H2,1-4H3. The maximum absolute atomic E-state index is 2.46. The van der Waals surface area contributed by atoms with E-state index in [1.807, 2.05) is 0 Å². The molecule has 0 amide bonds. The molecule has 3 aliphatic carbocycles. The van der Waals surface area contributed by atoms with Crippen LogP contribution in [-0.4, -0.2) is 0 Å². The van der Waals surface area contributed by atoms with Crippen LogP contribution in [0.25, 0.3) is 72.5 Å². The molecule has 7 aromatic carbocycles. The highest BCUT2D eigenvalue weighted by Gasteiger charge is 2.37. The van der Waals surface area contributed by atoms with Gasteiger partial charge in [0, 0.05) is 10.8 Å². The smallest absolute Gasteiger partial charge is 0.0159 e. The largest absolute Gasteiger partial charge is 0.0836 e. The average molecular weight is 641 g/mol. The van der Waals surface area contributed by atoms with E-state index in [4.69, 9.17) is 0 Å². The van der Waals surface area contributed by atoms with Gasteiger partial charge in [-0.1, -0.05) is 149 Å². The van der Waals surface area contributed by atoms with Crippen molar-refractivity contribution in [1.29, 1.82) is 0 Å². The Morgan fingerprint density at radius 1 is 0.400 bits per heavy atom. The number of rotatable bonds is 3. The van der Waals surface area contributed by atoms with Crippen molar-refractivity contribution in [2.45, 2.75) is 51.4 Å². The molecule has 0 fully saturated rings. The molecule has 0 aliphatic heterocycles. The fourth-order valence-corrected chi connectivity index (χ4v) is 9.38. The minimum Gasteiger partial charge on any atom is -0.0836 e. The molecule has 10 rings (SSSR count). The molecule has 7 aromatic rings. The Balaban J connectivity index is 0.988. The number of allylic oxidation sites excluding steroid dienone is 1. The van der Waals surface area contributed by atoms with E-state index in [0.717, 1.165) is 12.8 Å². The van der Waals surface area contributed by atoms with Gasteiger partial charge < -0.3 is 0 Å². The van der Waals surface area contributed by atoms with Crippen LogP contribution in [0.4, 0.5) is 0 Å². The summed E-state index contributed by atoms with van der Waals surface area (Å²) in [6, 6.07) is 50.8. The van der Waals surface area contributed by atoms with Crippen molar-refractivity contribution in [1.82, 2.24) is 0 Å². The molecule has 0 N–H and O–H groups in total. The van der Waals surface area contributed by atoms with Crippen molar-refractivity contribution >= 4 is 16.8 Å². The van der Waals surface area contributed by atoms with Gasteiger partial charge in [-0.05, 0) is 137 Å². The number of hydrogen-bond acceptors (Lipinski definition) is 0. The Bertz CT molecular complexity index is 2570. The highest BCUT2D eigenvalue weighted by atomic mass is 14.4. The molecule has 3 aliphatic rings. The summed E-state index contributed by atoms with van der Waals surface area (Å²) >= 11 is 0. The minimum absolute atomic E-state index is 0.00552. The summed E-state index contributed by atoms with van der Waals surface area (Å²) < 4.78 is 0. The Morgan fingerprint density at radius 2 is 0.880 bits per heavy atom. The van der Waals surface area contributed by atoms with Gasteiger partial charge in [-0.25, -0.2) is 0 Å². The highest BCUT2D eigenvalue weighted by molar-refractivity contribution is 6.01. The maximum Gasteiger partial charge on any atom is 0.0159 e. The first kappa shape index (κ1) is 29.5. The van der Waals surface area contributed by atoms with Gasteiger partial charge in [0.15, 0.2) is 0 Å². The molecule has 0 bridgehead atoms. The van der Waals surface area contributed by atoms with Crippen LogP contribution in [0, 0.1) is 0 Å². The SMILES string of the molecule is CC1(C)c2ccccc2-c2ccc(-c3ccc4c(c3)C(C)(C)c3cc(-c5ccc(-c6cc7c(c8ccccc68)CCC=C7)cc5)ccc3-4)cc21. The summed E-state index contributed by atoms with van der Waals surface area (Å²) in [5, 5.41) is 2.74. The van der Waals surface area contributed by atoms with Crippen LogP contribution in [0.15, 0.2) is 140 Å². The lowest BCUT2D eigenvalue weighted by Crippen LogP contribution is -2.15. The van der Waals surface area contributed by atoms with Crippen molar-refractivity contribution < 1.29 is 0 Å². The topological polar surface area (TPSA) is 0 Å². The molecule has 0 unspecified atom stereocenters. The van der Waals surface area contributed by atoms with E-state index < -0.39 is 0 Å². The van der Waals surface area contributed by atoms with Gasteiger partial charge in [-0.15, -0.1) is 0 Å². The van der Waals surface area contributed by atoms with Crippen LogP contribution >= 0.6 is 0 Å². The van der Waals surface area contributed by atoms with Crippen molar-refractivity contribution in [2.24, 2.45) is 0 Å². The van der Waals surface area contributed by atoms with Crippen LogP contribution in [0.2, 0.25) is 0 Å². The van der Waals surface area contributed by atoms with Crippen LogP contribution in [0.3, 0.4) is 0 Å². The van der Waals surface area contributed by atoms with Crippen molar-refractivity contribution in [2.75, 3.05) is 0 Å². The van der Waals surface area contributed by atoms with E-state index in [2.05, 4.69) is 173 Å². The fraction of sp³-hybridized carbons (Fsp3) is 0.160. The van der Waals surface area contributed by atoms with Gasteiger partial charge in [-0.2, -0.15) is 0 Å². The zero-order valence-electron chi connectivity index (χ0n) is 29.3. The summed E-state index contributed by atoms with van der Waals surface area (Å²) in [7, 11) is 0. The van der Waals surface area contributed by atoms with E-state index in [0.29, 0.717) is 0 Å². The Hall–Kier alpha value is -5.46. The number of hydrogen-bond donors (Lipinski definition) is 0. The first-order valence-electron chi connectivity index (χ1n) is 18.2. The average Bonchev–Trinajstić information content (AvgIpc) is 3.53. The molecule has 0 heterocycles. The predicted octanol–water partition coefficient (Wildman–Crippen LogP) is 13.4. The zero-order chi connectivity index (χ0) is 33.8. The summed E-state index contributed by atoms with van der Waals surface area (Å²) in [6.07, 6.45) is 6.86. The summed E-state index contributed by atoms with van der Waals surface area (Å²) in [5.41, 5.74) is 21.6. The third-order valence-corrected chi connectivity index (χ3v) is 12.2. The van der Waals surface area contributed by atoms with Gasteiger partial charge in [0.05, 0.1) is 0 Å². The Morgan fingerprint density at radius 3 is 1.52 bits per heavy atom. The van der Waals surface area contributed by atoms with Crippen LogP contribution in [0.1, 0.15) is 67.5 Å². The van der Waals surface area contributed by atoms with Crippen molar-refractivity contribution in [3.8, 4) is 55.6 Å². The van der Waals surface area contributed by atoms with Crippen molar-refractivity contribution in [3.63, 3.8) is 0 Å². The Kier molecular flexibility index (Phi) is 6.20. The molecular weight excluding hydrogens is 601 g/mol.